The summed E-state index contributed by atoms with van der Waals surface area (Å²) in [6.45, 7) is 2.06. The molecule has 1 aromatic heterocycles. The molecule has 90 valence electrons. The average Bonchev–Trinajstić information content (AvgIpc) is 2.74. The largest absolute Gasteiger partial charge is 0.394 e. The number of carbonyl (C=O) groups excluding carboxylic acids is 1. The van der Waals surface area contributed by atoms with E-state index in [-0.39, 0.29) is 30.9 Å². The molecule has 0 aliphatic carbocycles. The first kappa shape index (κ1) is 12.7. The summed E-state index contributed by atoms with van der Waals surface area (Å²) in [6, 6.07) is 1.26. The smallest absolute Gasteiger partial charge is 0.273 e. The summed E-state index contributed by atoms with van der Waals surface area (Å²) in [6.07, 6.45) is 0.658. The predicted octanol–water partition coefficient (Wildman–Crippen LogP) is 0.322. The zero-order chi connectivity index (χ0) is 12.0. The number of aromatic nitrogens is 1. The van der Waals surface area contributed by atoms with Crippen LogP contribution in [0.3, 0.4) is 0 Å². The van der Waals surface area contributed by atoms with Gasteiger partial charge in [-0.05, 0) is 6.42 Å². The number of nitrogens with one attached hydrogen (secondary N) is 1. The highest BCUT2D eigenvalue weighted by atomic mass is 16.5. The van der Waals surface area contributed by atoms with Crippen LogP contribution < -0.4 is 5.32 Å². The van der Waals surface area contributed by atoms with Crippen molar-refractivity contribution in [2.75, 3.05) is 13.7 Å². The Bertz CT molecular complexity index is 333. The fourth-order valence-electron chi connectivity index (χ4n) is 1.17. The molecule has 0 bridgehead atoms. The highest BCUT2D eigenvalue weighted by Crippen LogP contribution is 2.05. The van der Waals surface area contributed by atoms with Gasteiger partial charge in [-0.3, -0.25) is 4.79 Å². The Morgan fingerprint density at radius 1 is 1.75 bits per heavy atom. The molecule has 6 nitrogen and oxygen atoms in total. The van der Waals surface area contributed by atoms with Gasteiger partial charge in [0.05, 0.1) is 12.6 Å². The third-order valence-electron chi connectivity index (χ3n) is 2.13. The van der Waals surface area contributed by atoms with E-state index in [1.165, 1.54) is 13.2 Å². The van der Waals surface area contributed by atoms with Crippen molar-refractivity contribution in [2.45, 2.75) is 26.0 Å². The second-order valence-electron chi connectivity index (χ2n) is 3.37. The Morgan fingerprint density at radius 3 is 3.06 bits per heavy atom. The van der Waals surface area contributed by atoms with E-state index < -0.39 is 0 Å². The van der Waals surface area contributed by atoms with Crippen LogP contribution in [0.5, 0.6) is 0 Å². The van der Waals surface area contributed by atoms with Crippen LogP contribution in [-0.4, -0.2) is 35.9 Å². The van der Waals surface area contributed by atoms with E-state index in [1.807, 2.05) is 6.92 Å². The van der Waals surface area contributed by atoms with E-state index in [2.05, 4.69) is 10.5 Å². The minimum Gasteiger partial charge on any atom is -0.394 e. The maximum atomic E-state index is 11.6. The summed E-state index contributed by atoms with van der Waals surface area (Å²) >= 11 is 0. The Labute approximate surface area is 93.6 Å². The monoisotopic (exact) mass is 228 g/mol. The lowest BCUT2D eigenvalue weighted by Gasteiger charge is -2.11. The first-order valence-electron chi connectivity index (χ1n) is 5.07. The molecule has 6 heteroatoms. The van der Waals surface area contributed by atoms with E-state index >= 15 is 0 Å². The van der Waals surface area contributed by atoms with Gasteiger partial charge in [0.2, 0.25) is 0 Å². The third kappa shape index (κ3) is 3.32. The van der Waals surface area contributed by atoms with Gasteiger partial charge >= 0.3 is 0 Å². The zero-order valence-corrected chi connectivity index (χ0v) is 9.40. The van der Waals surface area contributed by atoms with Crippen LogP contribution in [0, 0.1) is 0 Å². The molecule has 1 atom stereocenters. The van der Waals surface area contributed by atoms with Gasteiger partial charge in [0.15, 0.2) is 11.5 Å². The lowest BCUT2D eigenvalue weighted by Crippen LogP contribution is -2.37. The number of aliphatic hydroxyl groups is 1. The fraction of sp³-hybridized carbons (Fsp3) is 0.600. The molecule has 0 saturated carbocycles. The molecule has 0 unspecified atom stereocenters. The second-order valence-corrected chi connectivity index (χ2v) is 3.37. The summed E-state index contributed by atoms with van der Waals surface area (Å²) in [7, 11) is 1.53. The zero-order valence-electron chi connectivity index (χ0n) is 9.40. The summed E-state index contributed by atoms with van der Waals surface area (Å²) in [5, 5.41) is 15.2. The number of rotatable bonds is 6. The van der Waals surface area contributed by atoms with Crippen LogP contribution in [0.25, 0.3) is 0 Å². The summed E-state index contributed by atoms with van der Waals surface area (Å²) in [5.41, 5.74) is 0.193. The number of carbonyl (C=O) groups is 1. The van der Waals surface area contributed by atoms with Crippen LogP contribution in [0.1, 0.15) is 29.6 Å². The summed E-state index contributed by atoms with van der Waals surface area (Å²) in [4.78, 5) is 11.6. The molecule has 2 N–H and O–H groups in total. The van der Waals surface area contributed by atoms with Crippen LogP contribution in [0.2, 0.25) is 0 Å². The number of hydrogen-bond acceptors (Lipinski definition) is 5. The van der Waals surface area contributed by atoms with Crippen molar-refractivity contribution >= 4 is 5.91 Å². The highest BCUT2D eigenvalue weighted by molar-refractivity contribution is 5.92. The lowest BCUT2D eigenvalue weighted by molar-refractivity contribution is 0.0905. The molecule has 1 aromatic rings. The average molecular weight is 228 g/mol. The van der Waals surface area contributed by atoms with Crippen molar-refractivity contribution in [2.24, 2.45) is 0 Å². The van der Waals surface area contributed by atoms with Gasteiger partial charge in [0, 0.05) is 13.2 Å². The molecule has 16 heavy (non-hydrogen) atoms. The summed E-state index contributed by atoms with van der Waals surface area (Å²) in [5.74, 6) is 0.136. The maximum absolute atomic E-state index is 11.6. The molecule has 0 fully saturated rings. The molecule has 0 aliphatic rings. The van der Waals surface area contributed by atoms with Crippen molar-refractivity contribution < 1.29 is 19.2 Å². The Morgan fingerprint density at radius 2 is 2.50 bits per heavy atom. The van der Waals surface area contributed by atoms with Gasteiger partial charge in [0.1, 0.15) is 6.61 Å². The molecular weight excluding hydrogens is 212 g/mol. The predicted molar refractivity (Wildman–Crippen MR) is 55.8 cm³/mol. The third-order valence-corrected chi connectivity index (χ3v) is 2.13. The minimum atomic E-state index is -0.355. The molecule has 1 heterocycles. The molecular formula is C10H16N2O4. The quantitative estimate of drug-likeness (QED) is 0.732. The SMILES string of the molecule is CC[C@@H](CO)NC(=O)c1cc(COC)on1. The van der Waals surface area contributed by atoms with Gasteiger partial charge in [0.25, 0.3) is 5.91 Å². The Kier molecular flexibility index (Phi) is 4.94. The lowest BCUT2D eigenvalue weighted by atomic mass is 10.2. The van der Waals surface area contributed by atoms with Crippen LogP contribution in [0.15, 0.2) is 10.6 Å². The standard InChI is InChI=1S/C10H16N2O4/c1-3-7(5-13)11-10(14)9-4-8(6-15-2)16-12-9/h4,7,13H,3,5-6H2,1-2H3,(H,11,14)/t7-/m0/s1. The van der Waals surface area contributed by atoms with Crippen molar-refractivity contribution in [1.29, 1.82) is 0 Å². The molecule has 0 spiro atoms. The van der Waals surface area contributed by atoms with Gasteiger partial charge in [-0.15, -0.1) is 0 Å². The van der Waals surface area contributed by atoms with E-state index in [0.29, 0.717) is 12.2 Å². The van der Waals surface area contributed by atoms with Crippen LogP contribution in [-0.2, 0) is 11.3 Å². The molecule has 0 aromatic carbocycles. The van der Waals surface area contributed by atoms with Gasteiger partial charge in [-0.25, -0.2) is 0 Å². The topological polar surface area (TPSA) is 84.6 Å². The van der Waals surface area contributed by atoms with E-state index in [0.717, 1.165) is 0 Å². The normalized spacial score (nSPS) is 12.4. The fourth-order valence-corrected chi connectivity index (χ4v) is 1.17. The van der Waals surface area contributed by atoms with Gasteiger partial charge in [-0.1, -0.05) is 12.1 Å². The number of nitrogens with zero attached hydrogens (tertiary/aromatic N) is 1. The van der Waals surface area contributed by atoms with Gasteiger partial charge < -0.3 is 19.7 Å². The molecule has 1 rings (SSSR count). The number of aliphatic hydroxyl groups excluding tert-OH is 1. The number of methoxy groups -OCH3 is 1. The number of amides is 1. The van der Waals surface area contributed by atoms with Crippen molar-refractivity contribution in [3.05, 3.63) is 17.5 Å². The summed E-state index contributed by atoms with van der Waals surface area (Å²) < 4.78 is 9.72. The van der Waals surface area contributed by atoms with Gasteiger partial charge in [-0.2, -0.15) is 0 Å². The number of ether oxygens (including phenoxy) is 1. The molecule has 0 radical (unpaired) electrons. The van der Waals surface area contributed by atoms with Crippen molar-refractivity contribution in [1.82, 2.24) is 10.5 Å². The van der Waals surface area contributed by atoms with Crippen molar-refractivity contribution in [3.8, 4) is 0 Å². The van der Waals surface area contributed by atoms with Crippen molar-refractivity contribution in [3.63, 3.8) is 0 Å². The maximum Gasteiger partial charge on any atom is 0.273 e. The van der Waals surface area contributed by atoms with E-state index in [4.69, 9.17) is 14.4 Å². The highest BCUT2D eigenvalue weighted by Gasteiger charge is 2.15. The number of hydrogen-bond donors (Lipinski definition) is 2. The molecule has 0 aliphatic heterocycles. The first-order valence-corrected chi connectivity index (χ1v) is 5.07. The Balaban J connectivity index is 2.58. The van der Waals surface area contributed by atoms with Crippen LogP contribution >= 0.6 is 0 Å². The first-order chi connectivity index (χ1) is 7.71. The minimum absolute atomic E-state index is 0.0922. The van der Waals surface area contributed by atoms with E-state index in [1.54, 1.807) is 0 Å². The second kappa shape index (κ2) is 6.24. The molecule has 0 saturated heterocycles. The van der Waals surface area contributed by atoms with E-state index in [9.17, 15) is 4.79 Å². The van der Waals surface area contributed by atoms with Crippen LogP contribution in [0.4, 0.5) is 0 Å². The molecule has 1 amide bonds. The Hall–Kier alpha value is -1.40.